The molecule has 2 aromatic carbocycles. The molecule has 0 amide bonds. The molecule has 0 saturated heterocycles. The van der Waals surface area contributed by atoms with Crippen LogP contribution in [-0.2, 0) is 0 Å². The van der Waals surface area contributed by atoms with Crippen LogP contribution in [0.3, 0.4) is 0 Å². The third-order valence-electron chi connectivity index (χ3n) is 3.50. The van der Waals surface area contributed by atoms with Crippen LogP contribution in [0.1, 0.15) is 30.1 Å². The van der Waals surface area contributed by atoms with Gasteiger partial charge in [-0.1, -0.05) is 72.8 Å². The van der Waals surface area contributed by atoms with E-state index >= 15 is 0 Å². The molecule has 0 bridgehead atoms. The topological polar surface area (TPSA) is 60.7 Å². The summed E-state index contributed by atoms with van der Waals surface area (Å²) in [5.74, 6) is 0. The standard InChI is InChI=1S/C19H22O3/c20-17(12-11-15-7-3-1-4-8-15)13-18(21)14-19(22)16-9-5-2-6-10-16/h1-12,17-22H,13-14H2/b12-11+/t17-,18-,19-/m1/s1. The Kier molecular flexibility index (Phi) is 6.34. The minimum atomic E-state index is -0.759. The fourth-order valence-corrected chi connectivity index (χ4v) is 2.31. The van der Waals surface area contributed by atoms with Crippen LogP contribution >= 0.6 is 0 Å². The highest BCUT2D eigenvalue weighted by Crippen LogP contribution is 2.20. The fraction of sp³-hybridized carbons (Fsp3) is 0.263. The summed E-state index contributed by atoms with van der Waals surface area (Å²) in [4.78, 5) is 0. The lowest BCUT2D eigenvalue weighted by Crippen LogP contribution is -2.18. The summed E-state index contributed by atoms with van der Waals surface area (Å²) in [6, 6.07) is 18.9. The number of aliphatic hydroxyl groups is 3. The van der Waals surface area contributed by atoms with Crippen LogP contribution < -0.4 is 0 Å². The van der Waals surface area contributed by atoms with E-state index in [1.807, 2.05) is 66.7 Å². The molecule has 2 aromatic rings. The van der Waals surface area contributed by atoms with Gasteiger partial charge in [-0.2, -0.15) is 0 Å². The molecule has 3 atom stereocenters. The Morgan fingerprint density at radius 2 is 1.36 bits per heavy atom. The van der Waals surface area contributed by atoms with Gasteiger partial charge in [0.15, 0.2) is 0 Å². The van der Waals surface area contributed by atoms with Gasteiger partial charge in [-0.25, -0.2) is 0 Å². The second-order valence-electron chi connectivity index (χ2n) is 5.39. The highest BCUT2D eigenvalue weighted by atomic mass is 16.3. The van der Waals surface area contributed by atoms with Gasteiger partial charge in [0, 0.05) is 12.8 Å². The van der Waals surface area contributed by atoms with Crippen molar-refractivity contribution < 1.29 is 15.3 Å². The molecule has 3 N–H and O–H groups in total. The average Bonchev–Trinajstić information content (AvgIpc) is 2.54. The molecule has 0 heterocycles. The van der Waals surface area contributed by atoms with Crippen LogP contribution in [-0.4, -0.2) is 27.5 Å². The third kappa shape index (κ3) is 5.45. The van der Waals surface area contributed by atoms with E-state index in [4.69, 9.17) is 0 Å². The van der Waals surface area contributed by atoms with E-state index in [0.29, 0.717) is 0 Å². The van der Waals surface area contributed by atoms with Gasteiger partial charge in [0.2, 0.25) is 0 Å². The molecule has 0 aromatic heterocycles. The molecule has 0 aliphatic rings. The van der Waals surface area contributed by atoms with Crippen LogP contribution in [0.5, 0.6) is 0 Å². The summed E-state index contributed by atoms with van der Waals surface area (Å²) >= 11 is 0. The van der Waals surface area contributed by atoms with Gasteiger partial charge in [-0.15, -0.1) is 0 Å². The van der Waals surface area contributed by atoms with Gasteiger partial charge in [-0.3, -0.25) is 0 Å². The zero-order valence-electron chi connectivity index (χ0n) is 12.4. The molecule has 0 aliphatic carbocycles. The lowest BCUT2D eigenvalue weighted by molar-refractivity contribution is 0.0512. The van der Waals surface area contributed by atoms with Crippen LogP contribution in [0.15, 0.2) is 66.7 Å². The van der Waals surface area contributed by atoms with Crippen molar-refractivity contribution in [2.75, 3.05) is 0 Å². The summed E-state index contributed by atoms with van der Waals surface area (Å²) < 4.78 is 0. The van der Waals surface area contributed by atoms with Crippen molar-refractivity contribution in [3.05, 3.63) is 77.9 Å². The van der Waals surface area contributed by atoms with Crippen LogP contribution in [0.4, 0.5) is 0 Å². The molecule has 0 fully saturated rings. The molecule has 0 spiro atoms. The first kappa shape index (κ1) is 16.4. The highest BCUT2D eigenvalue weighted by molar-refractivity contribution is 5.49. The zero-order valence-corrected chi connectivity index (χ0v) is 12.4. The summed E-state index contributed by atoms with van der Waals surface area (Å²) in [5.41, 5.74) is 1.77. The number of aliphatic hydroxyl groups excluding tert-OH is 3. The molecule has 3 heteroatoms. The van der Waals surface area contributed by atoms with E-state index in [-0.39, 0.29) is 12.8 Å². The molecule has 0 aliphatic heterocycles. The average molecular weight is 298 g/mol. The maximum Gasteiger partial charge on any atom is 0.0814 e. The molecule has 0 saturated carbocycles. The monoisotopic (exact) mass is 298 g/mol. The maximum absolute atomic E-state index is 10.1. The largest absolute Gasteiger partial charge is 0.393 e. The van der Waals surface area contributed by atoms with E-state index in [0.717, 1.165) is 11.1 Å². The van der Waals surface area contributed by atoms with Crippen molar-refractivity contribution in [3.8, 4) is 0 Å². The van der Waals surface area contributed by atoms with Crippen LogP contribution in [0.2, 0.25) is 0 Å². The molecular formula is C19H22O3. The number of hydrogen-bond donors (Lipinski definition) is 3. The van der Waals surface area contributed by atoms with Crippen molar-refractivity contribution in [3.63, 3.8) is 0 Å². The molecule has 0 radical (unpaired) electrons. The van der Waals surface area contributed by atoms with E-state index in [2.05, 4.69) is 0 Å². The van der Waals surface area contributed by atoms with Gasteiger partial charge in [0.25, 0.3) is 0 Å². The van der Waals surface area contributed by atoms with Gasteiger partial charge in [0.05, 0.1) is 18.3 Å². The van der Waals surface area contributed by atoms with Gasteiger partial charge in [0.1, 0.15) is 0 Å². The predicted molar refractivity (Wildman–Crippen MR) is 88.1 cm³/mol. The van der Waals surface area contributed by atoms with Crippen molar-refractivity contribution in [2.45, 2.75) is 31.2 Å². The number of rotatable bonds is 7. The molecule has 116 valence electrons. The van der Waals surface area contributed by atoms with Gasteiger partial charge in [-0.05, 0) is 11.1 Å². The Labute approximate surface area is 131 Å². The van der Waals surface area contributed by atoms with Crippen LogP contribution in [0.25, 0.3) is 6.08 Å². The highest BCUT2D eigenvalue weighted by Gasteiger charge is 2.16. The molecular weight excluding hydrogens is 276 g/mol. The van der Waals surface area contributed by atoms with Crippen molar-refractivity contribution in [1.82, 2.24) is 0 Å². The minimum absolute atomic E-state index is 0.202. The Balaban J connectivity index is 1.81. The van der Waals surface area contributed by atoms with Crippen molar-refractivity contribution in [2.24, 2.45) is 0 Å². The first-order chi connectivity index (χ1) is 10.6. The Bertz CT molecular complexity index is 566. The second kappa shape index (κ2) is 8.49. The van der Waals surface area contributed by atoms with E-state index < -0.39 is 18.3 Å². The minimum Gasteiger partial charge on any atom is -0.393 e. The SMILES string of the molecule is O[C@H](C[C@H](O)/C=C/c1ccccc1)C[C@@H](O)c1ccccc1. The molecule has 2 rings (SSSR count). The van der Waals surface area contributed by atoms with Crippen LogP contribution in [0, 0.1) is 0 Å². The van der Waals surface area contributed by atoms with Gasteiger partial charge < -0.3 is 15.3 Å². The normalized spacial score (nSPS) is 15.6. The number of hydrogen-bond acceptors (Lipinski definition) is 3. The van der Waals surface area contributed by atoms with Crippen molar-refractivity contribution in [1.29, 1.82) is 0 Å². The van der Waals surface area contributed by atoms with E-state index in [1.54, 1.807) is 6.08 Å². The molecule has 3 nitrogen and oxygen atoms in total. The first-order valence-corrected chi connectivity index (χ1v) is 7.47. The first-order valence-electron chi connectivity index (χ1n) is 7.47. The predicted octanol–water partition coefficient (Wildman–Crippen LogP) is 2.94. The maximum atomic E-state index is 10.1. The van der Waals surface area contributed by atoms with E-state index in [1.165, 1.54) is 0 Å². The molecule has 22 heavy (non-hydrogen) atoms. The lowest BCUT2D eigenvalue weighted by Gasteiger charge is -2.17. The summed E-state index contributed by atoms with van der Waals surface area (Å²) in [5, 5.41) is 30.0. The second-order valence-corrected chi connectivity index (χ2v) is 5.39. The quantitative estimate of drug-likeness (QED) is 0.736. The Morgan fingerprint density at radius 3 is 2.00 bits per heavy atom. The summed E-state index contributed by atoms with van der Waals surface area (Å²) in [6.45, 7) is 0. The van der Waals surface area contributed by atoms with Crippen molar-refractivity contribution >= 4 is 6.08 Å². The van der Waals surface area contributed by atoms with Gasteiger partial charge >= 0.3 is 0 Å². The summed E-state index contributed by atoms with van der Waals surface area (Å²) in [6.07, 6.45) is 1.68. The fourth-order valence-electron chi connectivity index (χ4n) is 2.31. The number of benzene rings is 2. The third-order valence-corrected chi connectivity index (χ3v) is 3.50. The zero-order chi connectivity index (χ0) is 15.8. The Hall–Kier alpha value is -1.94. The Morgan fingerprint density at radius 1 is 0.773 bits per heavy atom. The smallest absolute Gasteiger partial charge is 0.0814 e. The summed E-state index contributed by atoms with van der Waals surface area (Å²) in [7, 11) is 0. The van der Waals surface area contributed by atoms with E-state index in [9.17, 15) is 15.3 Å². The lowest BCUT2D eigenvalue weighted by atomic mass is 10.00. The molecule has 0 unspecified atom stereocenters.